The summed E-state index contributed by atoms with van der Waals surface area (Å²) in [6.45, 7) is 19.4. The van der Waals surface area contributed by atoms with E-state index in [1.807, 2.05) is 39.1 Å². The fourth-order valence-corrected chi connectivity index (χ4v) is 8.13. The smallest absolute Gasteiger partial charge is 0.258 e. The van der Waals surface area contributed by atoms with Crippen LogP contribution in [0.1, 0.15) is 90.6 Å². The van der Waals surface area contributed by atoms with Crippen LogP contribution in [0.5, 0.6) is 23.0 Å². The summed E-state index contributed by atoms with van der Waals surface area (Å²) in [5.41, 5.74) is 3.81. The molecule has 0 fully saturated rings. The molecule has 0 saturated heterocycles. The van der Waals surface area contributed by atoms with Crippen LogP contribution in [0.25, 0.3) is 0 Å². The van der Waals surface area contributed by atoms with Crippen molar-refractivity contribution in [1.82, 2.24) is 20.4 Å². The lowest BCUT2D eigenvalue weighted by Crippen LogP contribution is -2.35. The molecule has 5 amide bonds. The van der Waals surface area contributed by atoms with E-state index in [9.17, 15) is 28.8 Å². The van der Waals surface area contributed by atoms with Crippen molar-refractivity contribution in [3.05, 3.63) is 83.1 Å². The van der Waals surface area contributed by atoms with Crippen molar-refractivity contribution in [2.24, 2.45) is 0 Å². The first-order valence-electron chi connectivity index (χ1n) is 27.9. The van der Waals surface area contributed by atoms with E-state index >= 15 is 0 Å². The number of methoxy groups -OCH3 is 1. The van der Waals surface area contributed by atoms with Gasteiger partial charge in [0.25, 0.3) is 17.7 Å². The Kier molecular flexibility index (Phi) is 33.2. The van der Waals surface area contributed by atoms with E-state index in [2.05, 4.69) is 17.2 Å². The Bertz CT molecular complexity index is 2320. The number of rotatable bonds is 47. The second-order valence-electron chi connectivity index (χ2n) is 18.9. The van der Waals surface area contributed by atoms with Gasteiger partial charge in [-0.05, 0) is 95.2 Å². The van der Waals surface area contributed by atoms with E-state index in [-0.39, 0.29) is 62.1 Å². The number of nitrogens with one attached hydrogen (secondary N) is 2. The van der Waals surface area contributed by atoms with Gasteiger partial charge in [-0.25, -0.2) is 0 Å². The Morgan fingerprint density at radius 2 is 0.975 bits per heavy atom. The number of nitrogens with zero attached hydrogens (tertiary/aromatic N) is 2. The van der Waals surface area contributed by atoms with Crippen molar-refractivity contribution in [1.29, 1.82) is 0 Å². The SMILES string of the molecule is C=CC1CC(C)=CN1C(=O)c1cc(OCCCNC(=O)CCOCCOCCOCCOCCOCCOCCOCCOCCNC(=O)CCN2C(=O)C=CC2=O)c(OCCCCCOc2cc(C)c(C(C)=O)cc2OC)cc1C. The van der Waals surface area contributed by atoms with E-state index in [4.69, 9.17) is 56.8 Å². The third kappa shape index (κ3) is 26.5. The van der Waals surface area contributed by atoms with Crippen LogP contribution in [0, 0.1) is 13.8 Å². The van der Waals surface area contributed by atoms with Crippen LogP contribution in [-0.4, -0.2) is 203 Å². The van der Waals surface area contributed by atoms with Crippen LogP contribution in [-0.2, 0) is 57.1 Å². The molecule has 2 aliphatic rings. The second-order valence-corrected chi connectivity index (χ2v) is 18.9. The number of unbranched alkanes of at least 4 members (excludes halogenated alkanes) is 2. The fourth-order valence-electron chi connectivity index (χ4n) is 8.13. The van der Waals surface area contributed by atoms with Gasteiger partial charge in [0.05, 0.1) is 139 Å². The standard InChI is InChI=1S/C59H86N4O18/c1-7-48-38-44(2)43-63(48)59(69)50-42-54(53(40-46(50)4)80-20-10-8-9-19-79-52-39-45(3)49(47(5)64)41-51(52)70-6)81-21-11-16-60-56(66)15-22-71-24-26-73-28-30-75-32-34-77-36-37-78-35-33-76-31-29-74-27-25-72-23-17-61-55(65)14-18-62-57(67)12-13-58(62)68/h7,12-13,39-43,48H,1,8-11,14-38H2,2-6H3,(H,60,66)(H,61,65). The first-order valence-corrected chi connectivity index (χ1v) is 27.9. The molecule has 22 heteroatoms. The van der Waals surface area contributed by atoms with Gasteiger partial charge in [0, 0.05) is 62.0 Å². The molecule has 0 bridgehead atoms. The minimum absolute atomic E-state index is 0.0292. The van der Waals surface area contributed by atoms with E-state index in [1.165, 1.54) is 19.1 Å². The lowest BCUT2D eigenvalue weighted by atomic mass is 10.0. The molecule has 1 atom stereocenters. The Morgan fingerprint density at radius 1 is 0.543 bits per heavy atom. The minimum Gasteiger partial charge on any atom is -0.493 e. The van der Waals surface area contributed by atoms with E-state index < -0.39 is 11.8 Å². The van der Waals surface area contributed by atoms with E-state index in [1.54, 1.807) is 30.2 Å². The lowest BCUT2D eigenvalue weighted by molar-refractivity contribution is -0.137. The number of ketones is 1. The van der Waals surface area contributed by atoms with E-state index in [0.29, 0.717) is 166 Å². The molecule has 2 aliphatic heterocycles. The monoisotopic (exact) mass is 1140 g/mol. The molecular formula is C59H86N4O18. The number of carbonyl (C=O) groups excluding carboxylic acids is 6. The molecule has 2 aromatic rings. The molecule has 2 heterocycles. The Balaban J connectivity index is 0.945. The van der Waals surface area contributed by atoms with Crippen LogP contribution in [0.4, 0.5) is 0 Å². The number of ether oxygens (including phenoxy) is 12. The molecular weight excluding hydrogens is 1050 g/mol. The highest BCUT2D eigenvalue weighted by molar-refractivity contribution is 6.13. The normalized spacial score (nSPS) is 13.9. The van der Waals surface area contributed by atoms with Crippen LogP contribution < -0.4 is 29.6 Å². The number of hydrogen-bond acceptors (Lipinski definition) is 18. The van der Waals surface area contributed by atoms with Gasteiger partial charge in [0.1, 0.15) is 0 Å². The fraction of sp³-hybridized carbons (Fsp3) is 0.593. The van der Waals surface area contributed by atoms with Crippen molar-refractivity contribution in [3.8, 4) is 23.0 Å². The zero-order valence-electron chi connectivity index (χ0n) is 48.2. The van der Waals surface area contributed by atoms with Gasteiger partial charge < -0.3 is 72.4 Å². The largest absolute Gasteiger partial charge is 0.493 e. The molecule has 22 nitrogen and oxygen atoms in total. The zero-order valence-corrected chi connectivity index (χ0v) is 48.2. The summed E-state index contributed by atoms with van der Waals surface area (Å²) in [4.78, 5) is 75.9. The summed E-state index contributed by atoms with van der Waals surface area (Å²) in [5, 5.41) is 5.59. The Hall–Kier alpha value is -6.24. The average Bonchev–Trinajstić information content (AvgIpc) is 4.03. The van der Waals surface area contributed by atoms with Gasteiger partial charge in [0.15, 0.2) is 28.8 Å². The summed E-state index contributed by atoms with van der Waals surface area (Å²) >= 11 is 0. The molecule has 2 N–H and O–H groups in total. The first kappa shape index (κ1) is 67.3. The highest BCUT2D eigenvalue weighted by Gasteiger charge is 2.29. The van der Waals surface area contributed by atoms with Crippen molar-refractivity contribution in [3.63, 3.8) is 0 Å². The molecule has 2 aromatic carbocycles. The highest BCUT2D eigenvalue weighted by atomic mass is 16.6. The van der Waals surface area contributed by atoms with E-state index in [0.717, 1.165) is 47.3 Å². The number of aryl methyl sites for hydroxylation is 2. The number of Topliss-reactive ketones (excluding diaryl/α,β-unsaturated/α-hetero) is 1. The summed E-state index contributed by atoms with van der Waals surface area (Å²) < 4.78 is 68.0. The Labute approximate surface area is 477 Å². The van der Waals surface area contributed by atoms with Gasteiger partial charge in [-0.1, -0.05) is 11.6 Å². The van der Waals surface area contributed by atoms with Crippen molar-refractivity contribution in [2.75, 3.05) is 152 Å². The number of amides is 5. The number of hydrogen-bond donors (Lipinski definition) is 2. The third-order valence-corrected chi connectivity index (χ3v) is 12.5. The quantitative estimate of drug-likeness (QED) is 0.0370. The van der Waals surface area contributed by atoms with Crippen LogP contribution in [0.2, 0.25) is 0 Å². The highest BCUT2D eigenvalue weighted by Crippen LogP contribution is 2.34. The predicted octanol–water partition coefficient (Wildman–Crippen LogP) is 5.29. The number of benzene rings is 2. The van der Waals surface area contributed by atoms with Crippen LogP contribution >= 0.6 is 0 Å². The lowest BCUT2D eigenvalue weighted by Gasteiger charge is -2.23. The second kappa shape index (κ2) is 40.0. The van der Waals surface area contributed by atoms with Crippen molar-refractivity contribution in [2.45, 2.75) is 78.7 Å². The topological polar surface area (TPSA) is 244 Å². The van der Waals surface area contributed by atoms with Gasteiger partial charge in [-0.3, -0.25) is 33.7 Å². The third-order valence-electron chi connectivity index (χ3n) is 12.5. The molecule has 0 spiro atoms. The van der Waals surface area contributed by atoms with Gasteiger partial charge in [-0.15, -0.1) is 6.58 Å². The maximum atomic E-state index is 13.8. The molecule has 81 heavy (non-hydrogen) atoms. The maximum absolute atomic E-state index is 13.8. The molecule has 0 aliphatic carbocycles. The molecule has 4 rings (SSSR count). The summed E-state index contributed by atoms with van der Waals surface area (Å²) in [5.74, 6) is 0.712. The van der Waals surface area contributed by atoms with Gasteiger partial charge in [0.2, 0.25) is 11.8 Å². The average molecular weight is 1140 g/mol. The van der Waals surface area contributed by atoms with Crippen LogP contribution in [0.15, 0.2) is 60.8 Å². The maximum Gasteiger partial charge on any atom is 0.258 e. The predicted molar refractivity (Wildman–Crippen MR) is 300 cm³/mol. The summed E-state index contributed by atoms with van der Waals surface area (Å²) in [6, 6.07) is 7.01. The summed E-state index contributed by atoms with van der Waals surface area (Å²) in [6.07, 6.45) is 9.89. The zero-order chi connectivity index (χ0) is 58.5. The molecule has 0 aromatic heterocycles. The van der Waals surface area contributed by atoms with Gasteiger partial charge in [-0.2, -0.15) is 0 Å². The molecule has 0 radical (unpaired) electrons. The van der Waals surface area contributed by atoms with Gasteiger partial charge >= 0.3 is 0 Å². The minimum atomic E-state index is -0.408. The summed E-state index contributed by atoms with van der Waals surface area (Å²) in [7, 11) is 1.55. The molecule has 0 saturated carbocycles. The first-order chi connectivity index (χ1) is 39.3. The molecule has 1 unspecified atom stereocenters. The number of carbonyl (C=O) groups is 6. The van der Waals surface area contributed by atoms with Crippen molar-refractivity contribution >= 4 is 35.3 Å². The van der Waals surface area contributed by atoms with Crippen molar-refractivity contribution < 1.29 is 85.6 Å². The number of imide groups is 1. The molecule has 450 valence electrons. The Morgan fingerprint density at radius 3 is 1.48 bits per heavy atom. The van der Waals surface area contributed by atoms with Crippen LogP contribution in [0.3, 0.4) is 0 Å².